The molecule has 0 bridgehead atoms. The highest BCUT2D eigenvalue weighted by molar-refractivity contribution is 6.33. The number of nitrogens with zero attached hydrogens (tertiary/aromatic N) is 3. The van der Waals surface area contributed by atoms with Crippen LogP contribution in [0.1, 0.15) is 23.2 Å². The number of benzene rings is 2. The highest BCUT2D eigenvalue weighted by Crippen LogP contribution is 2.30. The molecule has 0 unspecified atom stereocenters. The summed E-state index contributed by atoms with van der Waals surface area (Å²) < 4.78 is 13.6. The van der Waals surface area contributed by atoms with E-state index in [0.29, 0.717) is 33.7 Å². The second kappa shape index (κ2) is 9.93. The lowest BCUT2D eigenvalue weighted by Gasteiger charge is -2.23. The van der Waals surface area contributed by atoms with E-state index in [2.05, 4.69) is 25.9 Å². The van der Waals surface area contributed by atoms with Gasteiger partial charge in [-0.25, -0.2) is 9.37 Å². The summed E-state index contributed by atoms with van der Waals surface area (Å²) in [6, 6.07) is 13.4. The average molecular weight is 455 g/mol. The number of hydrogen-bond donors (Lipinski definition) is 3. The molecule has 166 valence electrons. The van der Waals surface area contributed by atoms with Crippen LogP contribution in [0.3, 0.4) is 0 Å². The van der Waals surface area contributed by atoms with E-state index in [1.54, 1.807) is 42.3 Å². The molecule has 7 nitrogen and oxygen atoms in total. The van der Waals surface area contributed by atoms with Gasteiger partial charge in [0, 0.05) is 36.6 Å². The molecule has 0 radical (unpaired) electrons. The van der Waals surface area contributed by atoms with E-state index in [0.717, 1.165) is 25.9 Å². The van der Waals surface area contributed by atoms with E-state index in [-0.39, 0.29) is 17.8 Å². The maximum Gasteiger partial charge on any atom is 0.251 e. The first-order valence-electron chi connectivity index (χ1n) is 10.4. The number of nitrogens with one attached hydrogen (secondary N) is 3. The molecular formula is C23H24ClFN6O. The number of amides is 1. The summed E-state index contributed by atoms with van der Waals surface area (Å²) in [5.74, 6) is 0.262. The lowest BCUT2D eigenvalue weighted by Crippen LogP contribution is -2.45. The molecule has 2 aromatic carbocycles. The molecule has 9 heteroatoms. The topological polar surface area (TPSA) is 82.2 Å². The fourth-order valence-corrected chi connectivity index (χ4v) is 3.79. The van der Waals surface area contributed by atoms with Crippen LogP contribution in [0.25, 0.3) is 0 Å². The van der Waals surface area contributed by atoms with E-state index in [1.165, 1.54) is 18.3 Å². The first-order valence-corrected chi connectivity index (χ1v) is 10.8. The Hall–Kier alpha value is -3.23. The van der Waals surface area contributed by atoms with Crippen molar-refractivity contribution in [2.45, 2.75) is 18.9 Å². The molecule has 1 amide bonds. The van der Waals surface area contributed by atoms with E-state index < -0.39 is 0 Å². The number of carbonyl (C=O) groups excluding carboxylic acids is 1. The van der Waals surface area contributed by atoms with Gasteiger partial charge in [0.15, 0.2) is 5.82 Å². The minimum Gasteiger partial charge on any atom is -0.348 e. The van der Waals surface area contributed by atoms with Gasteiger partial charge in [-0.2, -0.15) is 4.98 Å². The van der Waals surface area contributed by atoms with Gasteiger partial charge in [-0.3, -0.25) is 4.79 Å². The second-order valence-electron chi connectivity index (χ2n) is 7.63. The molecule has 0 spiro atoms. The number of carbonyl (C=O) groups is 1. The summed E-state index contributed by atoms with van der Waals surface area (Å²) in [7, 11) is 1.75. The van der Waals surface area contributed by atoms with Crippen molar-refractivity contribution in [3.8, 4) is 0 Å². The Morgan fingerprint density at radius 1 is 1.25 bits per heavy atom. The Kier molecular flexibility index (Phi) is 6.82. The molecule has 3 N–H and O–H groups in total. The van der Waals surface area contributed by atoms with Crippen molar-refractivity contribution >= 4 is 40.6 Å². The Morgan fingerprint density at radius 2 is 2.09 bits per heavy atom. The van der Waals surface area contributed by atoms with Gasteiger partial charge in [0.05, 0.1) is 6.20 Å². The van der Waals surface area contributed by atoms with E-state index in [1.807, 2.05) is 6.07 Å². The van der Waals surface area contributed by atoms with Gasteiger partial charge in [0.1, 0.15) is 10.8 Å². The fourth-order valence-electron chi connectivity index (χ4n) is 3.57. The summed E-state index contributed by atoms with van der Waals surface area (Å²) in [4.78, 5) is 23.0. The largest absolute Gasteiger partial charge is 0.348 e. The van der Waals surface area contributed by atoms with Crippen molar-refractivity contribution in [1.29, 1.82) is 0 Å². The van der Waals surface area contributed by atoms with Crippen molar-refractivity contribution in [1.82, 2.24) is 20.6 Å². The van der Waals surface area contributed by atoms with Crippen LogP contribution in [-0.2, 0) is 0 Å². The van der Waals surface area contributed by atoms with Crippen LogP contribution in [0.15, 0.2) is 54.7 Å². The Morgan fingerprint density at radius 3 is 2.88 bits per heavy atom. The van der Waals surface area contributed by atoms with Crippen LogP contribution in [0.5, 0.6) is 0 Å². The van der Waals surface area contributed by atoms with Crippen LogP contribution >= 0.6 is 11.6 Å². The molecule has 3 aromatic rings. The van der Waals surface area contributed by atoms with Crippen LogP contribution in [0, 0.1) is 5.82 Å². The third kappa shape index (κ3) is 5.33. The molecule has 1 aliphatic heterocycles. The van der Waals surface area contributed by atoms with E-state index >= 15 is 0 Å². The molecule has 1 fully saturated rings. The summed E-state index contributed by atoms with van der Waals surface area (Å²) in [6.45, 7) is 1.77. The predicted octanol–water partition coefficient (Wildman–Crippen LogP) is 4.26. The van der Waals surface area contributed by atoms with Gasteiger partial charge >= 0.3 is 0 Å². The van der Waals surface area contributed by atoms with Crippen molar-refractivity contribution in [3.05, 3.63) is 71.1 Å². The normalized spacial score (nSPS) is 15.8. The van der Waals surface area contributed by atoms with E-state index in [9.17, 15) is 9.18 Å². The van der Waals surface area contributed by atoms with E-state index in [4.69, 9.17) is 11.6 Å². The zero-order chi connectivity index (χ0) is 22.5. The molecule has 2 heterocycles. The quantitative estimate of drug-likeness (QED) is 0.516. The van der Waals surface area contributed by atoms with Crippen molar-refractivity contribution < 1.29 is 9.18 Å². The average Bonchev–Trinajstić information content (AvgIpc) is 2.81. The molecular weight excluding hydrogens is 431 g/mol. The van der Waals surface area contributed by atoms with Gasteiger partial charge in [-0.15, -0.1) is 0 Å². The SMILES string of the molecule is CN(c1cccc(F)c1)c1nc(Nc2cccc(C(=O)N[C@@H]3CCCNC3)c2)ncc1Cl. The molecule has 0 aliphatic carbocycles. The standard InChI is InChI=1S/C23H24ClFN6O/c1-31(19-9-3-6-16(25)12-19)21-20(24)14-27-23(30-21)29-17-7-2-5-15(11-17)22(32)28-18-8-4-10-26-13-18/h2-3,5-7,9,11-12,14,18,26H,4,8,10,13H2,1H3,(H,28,32)(H,27,29,30)/t18-/m1/s1. The summed E-state index contributed by atoms with van der Waals surface area (Å²) in [5, 5.41) is 9.80. The Balaban J connectivity index is 1.50. The van der Waals surface area contributed by atoms with Gasteiger partial charge in [-0.1, -0.05) is 23.7 Å². The first kappa shape index (κ1) is 22.0. The molecule has 1 aromatic heterocycles. The Bertz CT molecular complexity index is 1110. The minimum absolute atomic E-state index is 0.120. The Labute approximate surface area is 191 Å². The van der Waals surface area contributed by atoms with Crippen molar-refractivity contribution in [2.75, 3.05) is 30.4 Å². The van der Waals surface area contributed by atoms with Crippen LogP contribution in [0.2, 0.25) is 5.02 Å². The third-order valence-electron chi connectivity index (χ3n) is 5.25. The van der Waals surface area contributed by atoms with Gasteiger partial charge in [0.2, 0.25) is 5.95 Å². The summed E-state index contributed by atoms with van der Waals surface area (Å²) >= 11 is 6.30. The molecule has 1 atom stereocenters. The smallest absolute Gasteiger partial charge is 0.251 e. The number of aromatic nitrogens is 2. The van der Waals surface area contributed by atoms with Crippen LogP contribution < -0.4 is 20.9 Å². The third-order valence-corrected chi connectivity index (χ3v) is 5.52. The summed E-state index contributed by atoms with van der Waals surface area (Å²) in [6.07, 6.45) is 3.50. The highest BCUT2D eigenvalue weighted by atomic mass is 35.5. The fraction of sp³-hybridized carbons (Fsp3) is 0.261. The molecule has 0 saturated carbocycles. The minimum atomic E-state index is -0.350. The number of anilines is 4. The number of rotatable bonds is 6. The number of piperidine rings is 1. The monoisotopic (exact) mass is 454 g/mol. The van der Waals surface area contributed by atoms with Crippen molar-refractivity contribution in [2.24, 2.45) is 0 Å². The number of halogens is 2. The molecule has 32 heavy (non-hydrogen) atoms. The van der Waals surface area contributed by atoms with Crippen LogP contribution in [-0.4, -0.2) is 42.1 Å². The van der Waals surface area contributed by atoms with Gasteiger partial charge in [-0.05, 0) is 55.8 Å². The lowest BCUT2D eigenvalue weighted by atomic mass is 10.1. The van der Waals surface area contributed by atoms with Crippen LogP contribution in [0.4, 0.5) is 27.5 Å². The maximum atomic E-state index is 13.6. The summed E-state index contributed by atoms with van der Waals surface area (Å²) in [5.41, 5.74) is 1.82. The molecule has 4 rings (SSSR count). The predicted molar refractivity (Wildman–Crippen MR) is 125 cm³/mol. The zero-order valence-electron chi connectivity index (χ0n) is 17.6. The van der Waals surface area contributed by atoms with Crippen molar-refractivity contribution in [3.63, 3.8) is 0 Å². The number of hydrogen-bond acceptors (Lipinski definition) is 6. The maximum absolute atomic E-state index is 13.6. The molecule has 1 aliphatic rings. The van der Waals surface area contributed by atoms with Gasteiger partial charge in [0.25, 0.3) is 5.91 Å². The van der Waals surface area contributed by atoms with Gasteiger partial charge < -0.3 is 20.9 Å². The second-order valence-corrected chi connectivity index (χ2v) is 8.03. The molecule has 1 saturated heterocycles. The zero-order valence-corrected chi connectivity index (χ0v) is 18.4. The first-order chi connectivity index (χ1) is 15.5. The highest BCUT2D eigenvalue weighted by Gasteiger charge is 2.17. The lowest BCUT2D eigenvalue weighted by molar-refractivity contribution is 0.0930.